The molecule has 46 heavy (non-hydrogen) atoms. The van der Waals surface area contributed by atoms with E-state index in [1.165, 1.54) is 6.92 Å². The summed E-state index contributed by atoms with van der Waals surface area (Å²) in [6.45, 7) is 5.89. The molecule has 0 saturated carbocycles. The summed E-state index contributed by atoms with van der Waals surface area (Å²) in [6, 6.07) is 15.8. The Bertz CT molecular complexity index is 1590. The number of carbonyl (C=O) groups excluding carboxylic acids is 2. The molecule has 250 valence electrons. The van der Waals surface area contributed by atoms with E-state index in [9.17, 15) is 26.8 Å². The van der Waals surface area contributed by atoms with Crippen LogP contribution in [0.25, 0.3) is 0 Å². The summed E-state index contributed by atoms with van der Waals surface area (Å²) in [6.07, 6.45) is 4.11. The molecule has 10 nitrogen and oxygen atoms in total. The highest BCUT2D eigenvalue weighted by atomic mass is 35.5. The van der Waals surface area contributed by atoms with Crippen LogP contribution in [0, 0.1) is 11.6 Å². The second-order valence-electron chi connectivity index (χ2n) is 11.1. The molecule has 3 aromatic carbocycles. The second kappa shape index (κ2) is 16.6. The summed E-state index contributed by atoms with van der Waals surface area (Å²) in [5, 5.41) is 4.73. The first-order chi connectivity index (χ1) is 21.4. The van der Waals surface area contributed by atoms with Crippen LogP contribution >= 0.6 is 12.4 Å². The quantitative estimate of drug-likeness (QED) is 0.194. The van der Waals surface area contributed by atoms with Gasteiger partial charge in [0.05, 0.1) is 11.9 Å². The SMILES string of the molecule is CCCCN(C(=O)Nc1c(F)ccc(NC(C)=O)c1F)C1CCN(Cc2ccc(Oc3ccc(NS(C)(=O)=O)cc3)cc2)CC1.Cl. The lowest BCUT2D eigenvalue weighted by Gasteiger charge is -2.38. The molecule has 0 unspecified atom stereocenters. The Kier molecular flexibility index (Phi) is 13.2. The Morgan fingerprint density at radius 3 is 2.13 bits per heavy atom. The van der Waals surface area contributed by atoms with Crippen molar-refractivity contribution in [1.82, 2.24) is 9.80 Å². The van der Waals surface area contributed by atoms with Gasteiger partial charge in [0.25, 0.3) is 0 Å². The number of amides is 3. The van der Waals surface area contributed by atoms with Gasteiger partial charge in [0.1, 0.15) is 23.0 Å². The highest BCUT2D eigenvalue weighted by molar-refractivity contribution is 7.92. The molecule has 0 aromatic heterocycles. The number of likely N-dealkylation sites (tertiary alicyclic amines) is 1. The van der Waals surface area contributed by atoms with Gasteiger partial charge in [0, 0.05) is 44.8 Å². The first kappa shape index (κ1) is 36.5. The number of carbonyl (C=O) groups is 2. The maximum Gasteiger partial charge on any atom is 0.322 e. The Labute approximate surface area is 274 Å². The Balaban J connectivity index is 0.00000576. The summed E-state index contributed by atoms with van der Waals surface area (Å²) >= 11 is 0. The number of benzene rings is 3. The number of piperidine rings is 1. The van der Waals surface area contributed by atoms with Crippen LogP contribution < -0.4 is 20.1 Å². The lowest BCUT2D eigenvalue weighted by molar-refractivity contribution is -0.114. The monoisotopic (exact) mass is 679 g/mol. The molecule has 1 aliphatic rings. The fourth-order valence-corrected chi connectivity index (χ4v) is 5.73. The molecule has 0 spiro atoms. The van der Waals surface area contributed by atoms with E-state index in [0.29, 0.717) is 43.1 Å². The van der Waals surface area contributed by atoms with Crippen molar-refractivity contribution in [2.45, 2.75) is 52.1 Å². The first-order valence-electron chi connectivity index (χ1n) is 14.8. The number of urea groups is 1. The summed E-state index contributed by atoms with van der Waals surface area (Å²) in [5.74, 6) is -1.23. The average molecular weight is 680 g/mol. The average Bonchev–Trinajstić information content (AvgIpc) is 2.99. The zero-order valence-electron chi connectivity index (χ0n) is 26.0. The van der Waals surface area contributed by atoms with Crippen molar-refractivity contribution in [2.75, 3.05) is 41.2 Å². The van der Waals surface area contributed by atoms with Gasteiger partial charge in [-0.2, -0.15) is 0 Å². The molecule has 4 rings (SSSR count). The van der Waals surface area contributed by atoms with Crippen LogP contribution in [-0.4, -0.2) is 62.1 Å². The van der Waals surface area contributed by atoms with E-state index in [4.69, 9.17) is 4.74 Å². The molecule has 0 radical (unpaired) electrons. The fraction of sp³-hybridized carbons (Fsp3) is 0.375. The smallest absolute Gasteiger partial charge is 0.322 e. The predicted molar refractivity (Wildman–Crippen MR) is 178 cm³/mol. The van der Waals surface area contributed by atoms with Crippen LogP contribution in [0.4, 0.5) is 30.6 Å². The molecule has 1 heterocycles. The zero-order valence-corrected chi connectivity index (χ0v) is 27.6. The summed E-state index contributed by atoms with van der Waals surface area (Å²) in [5.41, 5.74) is 0.761. The van der Waals surface area contributed by atoms with Crippen LogP contribution in [0.15, 0.2) is 60.7 Å². The van der Waals surface area contributed by atoms with E-state index in [2.05, 4.69) is 20.3 Å². The van der Waals surface area contributed by atoms with Gasteiger partial charge >= 0.3 is 6.03 Å². The molecule has 1 aliphatic heterocycles. The van der Waals surface area contributed by atoms with Crippen molar-refractivity contribution in [3.63, 3.8) is 0 Å². The van der Waals surface area contributed by atoms with E-state index in [-0.39, 0.29) is 24.1 Å². The summed E-state index contributed by atoms with van der Waals surface area (Å²) in [4.78, 5) is 28.7. The zero-order chi connectivity index (χ0) is 32.6. The van der Waals surface area contributed by atoms with E-state index in [1.807, 2.05) is 31.2 Å². The van der Waals surface area contributed by atoms with Gasteiger partial charge in [-0.05, 0) is 73.4 Å². The van der Waals surface area contributed by atoms with E-state index in [1.54, 1.807) is 29.2 Å². The molecular weight excluding hydrogens is 640 g/mol. The molecular formula is C32H40ClF2N5O5S. The van der Waals surface area contributed by atoms with Crippen molar-refractivity contribution in [3.05, 3.63) is 77.9 Å². The van der Waals surface area contributed by atoms with Gasteiger partial charge in [0.15, 0.2) is 5.82 Å². The van der Waals surface area contributed by atoms with E-state index in [0.717, 1.165) is 49.9 Å². The number of rotatable bonds is 12. The second-order valence-corrected chi connectivity index (χ2v) is 12.8. The minimum atomic E-state index is -3.35. The van der Waals surface area contributed by atoms with Gasteiger partial charge in [-0.1, -0.05) is 25.5 Å². The molecule has 3 aromatic rings. The molecule has 3 N–H and O–H groups in total. The molecule has 1 saturated heterocycles. The van der Waals surface area contributed by atoms with Gasteiger partial charge in [-0.3, -0.25) is 14.4 Å². The molecule has 1 fully saturated rings. The molecule has 0 bridgehead atoms. The van der Waals surface area contributed by atoms with Crippen molar-refractivity contribution >= 4 is 51.4 Å². The van der Waals surface area contributed by atoms with Gasteiger partial charge < -0.3 is 20.3 Å². The number of hydrogen-bond acceptors (Lipinski definition) is 6. The Morgan fingerprint density at radius 1 is 0.957 bits per heavy atom. The van der Waals surface area contributed by atoms with Crippen molar-refractivity contribution in [2.24, 2.45) is 0 Å². The van der Waals surface area contributed by atoms with Crippen LogP contribution in [0.1, 0.15) is 45.1 Å². The van der Waals surface area contributed by atoms with Crippen molar-refractivity contribution in [1.29, 1.82) is 0 Å². The number of nitrogens with one attached hydrogen (secondary N) is 3. The lowest BCUT2D eigenvalue weighted by Crippen LogP contribution is -2.49. The fourth-order valence-electron chi connectivity index (χ4n) is 5.16. The third kappa shape index (κ3) is 10.6. The first-order valence-corrected chi connectivity index (χ1v) is 16.7. The minimum absolute atomic E-state index is 0. The largest absolute Gasteiger partial charge is 0.457 e. The number of anilines is 3. The lowest BCUT2D eigenvalue weighted by atomic mass is 10.0. The number of sulfonamides is 1. The van der Waals surface area contributed by atoms with Gasteiger partial charge in [-0.15, -0.1) is 12.4 Å². The van der Waals surface area contributed by atoms with Crippen molar-refractivity contribution in [3.8, 4) is 11.5 Å². The molecule has 3 amide bonds. The number of unbranched alkanes of at least 4 members (excludes halogenated alkanes) is 1. The van der Waals surface area contributed by atoms with Crippen LogP contribution in [-0.2, 0) is 21.4 Å². The number of halogens is 3. The highest BCUT2D eigenvalue weighted by Crippen LogP contribution is 2.28. The number of hydrogen-bond donors (Lipinski definition) is 3. The summed E-state index contributed by atoms with van der Waals surface area (Å²) < 4.78 is 60.5. The maximum absolute atomic E-state index is 14.9. The maximum atomic E-state index is 14.9. The minimum Gasteiger partial charge on any atom is -0.457 e. The van der Waals surface area contributed by atoms with Crippen LogP contribution in [0.5, 0.6) is 11.5 Å². The topological polar surface area (TPSA) is 120 Å². The number of nitrogens with zero attached hydrogens (tertiary/aromatic N) is 2. The van der Waals surface area contributed by atoms with E-state index >= 15 is 0 Å². The predicted octanol–water partition coefficient (Wildman–Crippen LogP) is 6.81. The standard InChI is InChI=1S/C32H39F2N5O5S.ClH/c1-4-5-18-39(32(41)36-31-28(33)14-15-29(30(31)34)35-22(2)40)25-16-19-38(20-17-25)21-23-6-10-26(11-7-23)44-27-12-8-24(9-13-27)37-45(3,42)43;/h6-15,25,37H,4-5,16-21H2,1-3H3,(H,35,40)(H,36,41);1H. The Hall–Kier alpha value is -3.94. The summed E-state index contributed by atoms with van der Waals surface area (Å²) in [7, 11) is -3.35. The number of ether oxygens (including phenoxy) is 1. The van der Waals surface area contributed by atoms with Crippen LogP contribution in [0.2, 0.25) is 0 Å². The third-order valence-corrected chi connectivity index (χ3v) is 7.97. The molecule has 0 atom stereocenters. The highest BCUT2D eigenvalue weighted by Gasteiger charge is 2.29. The molecule has 0 aliphatic carbocycles. The van der Waals surface area contributed by atoms with Crippen molar-refractivity contribution < 1.29 is 31.5 Å². The van der Waals surface area contributed by atoms with Crippen LogP contribution in [0.3, 0.4) is 0 Å². The van der Waals surface area contributed by atoms with E-state index < -0.39 is 39.3 Å². The third-order valence-electron chi connectivity index (χ3n) is 7.37. The normalized spacial score (nSPS) is 13.8. The molecule has 14 heteroatoms. The van der Waals surface area contributed by atoms with Gasteiger partial charge in [-0.25, -0.2) is 22.0 Å². The Morgan fingerprint density at radius 2 is 1.57 bits per heavy atom. The van der Waals surface area contributed by atoms with Gasteiger partial charge in [0.2, 0.25) is 15.9 Å².